The lowest BCUT2D eigenvalue weighted by molar-refractivity contribution is 0.183. The second kappa shape index (κ2) is 6.57. The van der Waals surface area contributed by atoms with Gasteiger partial charge in [-0.1, -0.05) is 0 Å². The Morgan fingerprint density at radius 3 is 2.82 bits per heavy atom. The number of aromatic nitrogens is 1. The Kier molecular flexibility index (Phi) is 5.38. The van der Waals surface area contributed by atoms with Crippen LogP contribution in [0.1, 0.15) is 18.2 Å². The molecule has 0 bridgehead atoms. The van der Waals surface area contributed by atoms with Gasteiger partial charge in [-0.2, -0.15) is 0 Å². The molecule has 1 heterocycles. The monoisotopic (exact) mass is 237 g/mol. The molecule has 0 aliphatic rings. The van der Waals surface area contributed by atoms with Crippen LogP contribution < -0.4 is 10.2 Å². The molecular formula is C13H23N3O. The minimum absolute atomic E-state index is 0.345. The number of ether oxygens (including phenoxy) is 1. The maximum Gasteiger partial charge on any atom is 0.0663 e. The van der Waals surface area contributed by atoms with E-state index in [1.807, 2.05) is 20.2 Å². The average Bonchev–Trinajstić information content (AvgIpc) is 2.31. The number of rotatable bonds is 6. The highest BCUT2D eigenvalue weighted by atomic mass is 16.5. The standard InChI is InChI=1S/C13H23N3O/c1-10-6-13(12(7-14-3)8-15-10)16(4)11(2)9-17-5/h6,8,11,14H,7,9H2,1-5H3. The Hall–Kier alpha value is -1.13. The summed E-state index contributed by atoms with van der Waals surface area (Å²) in [7, 11) is 5.77. The van der Waals surface area contributed by atoms with Crippen molar-refractivity contribution in [2.45, 2.75) is 26.4 Å². The molecule has 1 N–H and O–H groups in total. The highest BCUT2D eigenvalue weighted by Crippen LogP contribution is 2.21. The summed E-state index contributed by atoms with van der Waals surface area (Å²) in [6.45, 7) is 5.72. The van der Waals surface area contributed by atoms with Gasteiger partial charge in [0.15, 0.2) is 0 Å². The molecule has 1 atom stereocenters. The number of hydrogen-bond acceptors (Lipinski definition) is 4. The molecule has 0 radical (unpaired) electrons. The van der Waals surface area contributed by atoms with Gasteiger partial charge in [0, 0.05) is 49.9 Å². The third kappa shape index (κ3) is 3.68. The fourth-order valence-corrected chi connectivity index (χ4v) is 1.82. The summed E-state index contributed by atoms with van der Waals surface area (Å²) in [5, 5.41) is 3.17. The molecule has 4 heteroatoms. The largest absolute Gasteiger partial charge is 0.383 e. The zero-order valence-electron chi connectivity index (χ0n) is 11.4. The van der Waals surface area contributed by atoms with Gasteiger partial charge in [0.25, 0.3) is 0 Å². The number of nitrogens with zero attached hydrogens (tertiary/aromatic N) is 2. The minimum atomic E-state index is 0.345. The first-order valence-electron chi connectivity index (χ1n) is 5.92. The first kappa shape index (κ1) is 13.9. The van der Waals surface area contributed by atoms with Crippen molar-refractivity contribution in [2.75, 3.05) is 32.7 Å². The summed E-state index contributed by atoms with van der Waals surface area (Å²) in [4.78, 5) is 6.59. The van der Waals surface area contributed by atoms with Gasteiger partial charge in [0.05, 0.1) is 6.61 Å². The summed E-state index contributed by atoms with van der Waals surface area (Å²) < 4.78 is 5.20. The van der Waals surface area contributed by atoms with Crippen LogP contribution in [-0.2, 0) is 11.3 Å². The van der Waals surface area contributed by atoms with Crippen molar-refractivity contribution < 1.29 is 4.74 Å². The molecule has 0 aromatic carbocycles. The second-order valence-electron chi connectivity index (χ2n) is 4.40. The molecule has 0 spiro atoms. The third-order valence-corrected chi connectivity index (χ3v) is 2.91. The van der Waals surface area contributed by atoms with Crippen molar-refractivity contribution in [3.8, 4) is 0 Å². The molecule has 96 valence electrons. The first-order chi connectivity index (χ1) is 8.10. The van der Waals surface area contributed by atoms with E-state index in [0.29, 0.717) is 6.04 Å². The van der Waals surface area contributed by atoms with Crippen LogP contribution in [-0.4, -0.2) is 38.8 Å². The van der Waals surface area contributed by atoms with Crippen LogP contribution in [0.5, 0.6) is 0 Å². The highest BCUT2D eigenvalue weighted by molar-refractivity contribution is 5.53. The molecule has 0 aliphatic carbocycles. The fraction of sp³-hybridized carbons (Fsp3) is 0.615. The normalized spacial score (nSPS) is 12.5. The molecule has 0 fully saturated rings. The van der Waals surface area contributed by atoms with Gasteiger partial charge in [0.2, 0.25) is 0 Å². The van der Waals surface area contributed by atoms with E-state index < -0.39 is 0 Å². The molecule has 0 saturated carbocycles. The van der Waals surface area contributed by atoms with Crippen molar-refractivity contribution in [1.82, 2.24) is 10.3 Å². The van der Waals surface area contributed by atoms with Gasteiger partial charge in [-0.25, -0.2) is 0 Å². The van der Waals surface area contributed by atoms with Crippen LogP contribution in [0.15, 0.2) is 12.3 Å². The van der Waals surface area contributed by atoms with Crippen LogP contribution in [0.25, 0.3) is 0 Å². The fourth-order valence-electron chi connectivity index (χ4n) is 1.82. The molecule has 1 aromatic rings. The molecule has 17 heavy (non-hydrogen) atoms. The molecule has 0 saturated heterocycles. The van der Waals surface area contributed by atoms with Crippen LogP contribution in [0, 0.1) is 6.92 Å². The predicted octanol–water partition coefficient (Wildman–Crippen LogP) is 1.58. The number of anilines is 1. The summed E-state index contributed by atoms with van der Waals surface area (Å²) in [6.07, 6.45) is 1.94. The number of hydrogen-bond donors (Lipinski definition) is 1. The lowest BCUT2D eigenvalue weighted by Crippen LogP contribution is -2.33. The summed E-state index contributed by atoms with van der Waals surface area (Å²) >= 11 is 0. The number of aryl methyl sites for hydroxylation is 1. The maximum atomic E-state index is 5.20. The van der Waals surface area contributed by atoms with E-state index in [1.54, 1.807) is 7.11 Å². The number of methoxy groups -OCH3 is 1. The average molecular weight is 237 g/mol. The van der Waals surface area contributed by atoms with Gasteiger partial charge in [-0.15, -0.1) is 0 Å². The molecular weight excluding hydrogens is 214 g/mol. The van der Waals surface area contributed by atoms with E-state index >= 15 is 0 Å². The Balaban J connectivity index is 2.96. The zero-order valence-corrected chi connectivity index (χ0v) is 11.4. The second-order valence-corrected chi connectivity index (χ2v) is 4.40. The Labute approximate surface area is 104 Å². The maximum absolute atomic E-state index is 5.20. The summed E-state index contributed by atoms with van der Waals surface area (Å²) in [6, 6.07) is 2.47. The van der Waals surface area contributed by atoms with Crippen molar-refractivity contribution in [3.05, 3.63) is 23.5 Å². The van der Waals surface area contributed by atoms with E-state index in [0.717, 1.165) is 18.8 Å². The molecule has 0 amide bonds. The van der Waals surface area contributed by atoms with E-state index in [9.17, 15) is 0 Å². The summed E-state index contributed by atoms with van der Waals surface area (Å²) in [5.41, 5.74) is 3.47. The van der Waals surface area contributed by atoms with Crippen molar-refractivity contribution in [3.63, 3.8) is 0 Å². The first-order valence-corrected chi connectivity index (χ1v) is 5.92. The van der Waals surface area contributed by atoms with E-state index in [4.69, 9.17) is 4.74 Å². The predicted molar refractivity (Wildman–Crippen MR) is 71.5 cm³/mol. The Morgan fingerprint density at radius 1 is 1.53 bits per heavy atom. The van der Waals surface area contributed by atoms with Crippen molar-refractivity contribution in [1.29, 1.82) is 0 Å². The van der Waals surface area contributed by atoms with Gasteiger partial charge in [-0.05, 0) is 27.0 Å². The lowest BCUT2D eigenvalue weighted by atomic mass is 10.1. The Bertz CT molecular complexity index is 355. The SMILES string of the molecule is CNCc1cnc(C)cc1N(C)C(C)COC. The van der Waals surface area contributed by atoms with Gasteiger partial charge < -0.3 is 15.0 Å². The molecule has 0 aliphatic heterocycles. The summed E-state index contributed by atoms with van der Waals surface area (Å²) in [5.74, 6) is 0. The topological polar surface area (TPSA) is 37.4 Å². The lowest BCUT2D eigenvalue weighted by Gasteiger charge is -2.28. The number of pyridine rings is 1. The van der Waals surface area contributed by atoms with Crippen LogP contribution in [0.2, 0.25) is 0 Å². The zero-order chi connectivity index (χ0) is 12.8. The number of nitrogens with one attached hydrogen (secondary N) is 1. The van der Waals surface area contributed by atoms with Gasteiger partial charge in [0.1, 0.15) is 0 Å². The highest BCUT2D eigenvalue weighted by Gasteiger charge is 2.13. The van der Waals surface area contributed by atoms with Crippen LogP contribution in [0.3, 0.4) is 0 Å². The molecule has 1 unspecified atom stereocenters. The quantitative estimate of drug-likeness (QED) is 0.815. The van der Waals surface area contributed by atoms with Crippen LogP contribution >= 0.6 is 0 Å². The van der Waals surface area contributed by atoms with E-state index in [2.05, 4.69) is 35.2 Å². The van der Waals surface area contributed by atoms with E-state index in [-0.39, 0.29) is 0 Å². The van der Waals surface area contributed by atoms with Crippen molar-refractivity contribution >= 4 is 5.69 Å². The van der Waals surface area contributed by atoms with Crippen molar-refractivity contribution in [2.24, 2.45) is 0 Å². The van der Waals surface area contributed by atoms with Gasteiger partial charge in [-0.3, -0.25) is 4.98 Å². The van der Waals surface area contributed by atoms with Crippen LogP contribution in [0.4, 0.5) is 5.69 Å². The molecule has 1 rings (SSSR count). The van der Waals surface area contributed by atoms with E-state index in [1.165, 1.54) is 11.3 Å². The minimum Gasteiger partial charge on any atom is -0.383 e. The molecule has 1 aromatic heterocycles. The number of likely N-dealkylation sites (N-methyl/N-ethyl adjacent to an activating group) is 1. The molecule has 4 nitrogen and oxygen atoms in total. The smallest absolute Gasteiger partial charge is 0.0663 e. The third-order valence-electron chi connectivity index (χ3n) is 2.91. The van der Waals surface area contributed by atoms with Gasteiger partial charge >= 0.3 is 0 Å². The Morgan fingerprint density at radius 2 is 2.24 bits per heavy atom.